The van der Waals surface area contributed by atoms with Crippen LogP contribution < -0.4 is 0 Å². The number of carbonyl (C=O) groups excluding carboxylic acids is 3. The summed E-state index contributed by atoms with van der Waals surface area (Å²) in [6.45, 7) is -0.885. The van der Waals surface area contributed by atoms with Crippen LogP contribution >= 0.6 is 0 Å². The van der Waals surface area contributed by atoms with E-state index in [0.717, 1.165) is 7.11 Å². The third kappa shape index (κ3) is 7.79. The number of alkyl halides is 3. The summed E-state index contributed by atoms with van der Waals surface area (Å²) in [4.78, 5) is 38.7. The van der Waals surface area contributed by atoms with Crippen molar-refractivity contribution in [2.45, 2.75) is 36.2 Å². The van der Waals surface area contributed by atoms with E-state index in [0.29, 0.717) is 0 Å². The monoisotopic (exact) mass is 638 g/mol. The highest BCUT2D eigenvalue weighted by atomic mass is 32.2. The van der Waals surface area contributed by atoms with E-state index in [4.69, 9.17) is 23.7 Å². The molecular formula is C29H25F3O11S. The van der Waals surface area contributed by atoms with Crippen LogP contribution in [0.5, 0.6) is 0 Å². The minimum absolute atomic E-state index is 0.00483. The van der Waals surface area contributed by atoms with Crippen molar-refractivity contribution < 1.29 is 63.8 Å². The molecule has 0 aromatic heterocycles. The Morgan fingerprint density at radius 2 is 1.14 bits per heavy atom. The Bertz CT molecular complexity index is 1530. The van der Waals surface area contributed by atoms with Crippen LogP contribution in [0, 0.1) is 0 Å². The highest BCUT2D eigenvalue weighted by Crippen LogP contribution is 2.35. The minimum atomic E-state index is -6.38. The van der Waals surface area contributed by atoms with E-state index in [1.54, 1.807) is 18.2 Å². The standard InChI is InChI=1S/C29H25F3O11S/c1-38-28-24(42-27(35)20-15-9-4-10-16-20)23(41-26(34)19-13-7-3-8-14-19)22(43-44(36,37)29(30,31)32)21(40-28)17-39-25(33)18-11-5-2-6-12-18/h2-16,21-24,28H,17H2,1H3/t21-,22-,23+,24-,28-/m1/s1. The van der Waals surface area contributed by atoms with Crippen LogP contribution in [0.25, 0.3) is 0 Å². The Kier molecular flexibility index (Phi) is 10.4. The Labute approximate surface area is 249 Å². The lowest BCUT2D eigenvalue weighted by Crippen LogP contribution is -2.63. The molecule has 3 aromatic rings. The molecule has 1 saturated heterocycles. The lowest BCUT2D eigenvalue weighted by molar-refractivity contribution is -0.288. The zero-order valence-corrected chi connectivity index (χ0v) is 23.6. The zero-order chi connectivity index (χ0) is 31.9. The number of ether oxygens (including phenoxy) is 5. The van der Waals surface area contributed by atoms with Gasteiger partial charge in [-0.05, 0) is 36.4 Å². The maximum Gasteiger partial charge on any atom is 0.523 e. The summed E-state index contributed by atoms with van der Waals surface area (Å²) in [5, 5.41) is 0. The van der Waals surface area contributed by atoms with Crippen molar-refractivity contribution in [1.29, 1.82) is 0 Å². The van der Waals surface area contributed by atoms with E-state index < -0.39 is 70.8 Å². The number of esters is 3. The van der Waals surface area contributed by atoms with Gasteiger partial charge in [-0.2, -0.15) is 21.6 Å². The van der Waals surface area contributed by atoms with Gasteiger partial charge in [0.2, 0.25) is 0 Å². The molecule has 0 aliphatic carbocycles. The van der Waals surface area contributed by atoms with Crippen LogP contribution in [0.2, 0.25) is 0 Å². The normalized spacial score (nSPS) is 22.0. The maximum absolute atomic E-state index is 13.5. The summed E-state index contributed by atoms with van der Waals surface area (Å²) in [6.07, 6.45) is -9.81. The number of carbonyl (C=O) groups is 3. The van der Waals surface area contributed by atoms with Crippen LogP contribution in [-0.4, -0.2) is 76.3 Å². The van der Waals surface area contributed by atoms with Crippen LogP contribution in [0.1, 0.15) is 31.1 Å². The van der Waals surface area contributed by atoms with E-state index >= 15 is 0 Å². The van der Waals surface area contributed by atoms with Gasteiger partial charge in [0.25, 0.3) is 0 Å². The van der Waals surface area contributed by atoms with Gasteiger partial charge in [-0.25, -0.2) is 14.4 Å². The van der Waals surface area contributed by atoms with Crippen molar-refractivity contribution in [2.75, 3.05) is 13.7 Å². The first-order chi connectivity index (χ1) is 20.9. The molecule has 1 aliphatic heterocycles. The molecule has 5 atom stereocenters. The first kappa shape index (κ1) is 32.6. The Balaban J connectivity index is 1.74. The van der Waals surface area contributed by atoms with Gasteiger partial charge in [-0.1, -0.05) is 54.6 Å². The van der Waals surface area contributed by atoms with Gasteiger partial charge in [0.15, 0.2) is 18.5 Å². The highest BCUT2D eigenvalue weighted by Gasteiger charge is 2.57. The van der Waals surface area contributed by atoms with Gasteiger partial charge in [0.05, 0.1) is 16.7 Å². The van der Waals surface area contributed by atoms with Crippen molar-refractivity contribution in [3.63, 3.8) is 0 Å². The molecule has 44 heavy (non-hydrogen) atoms. The predicted octanol–water partition coefficient (Wildman–Crippen LogP) is 3.90. The van der Waals surface area contributed by atoms with E-state index in [2.05, 4.69) is 4.18 Å². The van der Waals surface area contributed by atoms with Crippen molar-refractivity contribution in [3.05, 3.63) is 108 Å². The number of hydrogen-bond donors (Lipinski definition) is 0. The van der Waals surface area contributed by atoms with Gasteiger partial charge in [0.1, 0.15) is 18.8 Å². The molecule has 234 valence electrons. The van der Waals surface area contributed by atoms with Crippen LogP contribution in [0.4, 0.5) is 13.2 Å². The van der Waals surface area contributed by atoms with E-state index in [1.165, 1.54) is 72.8 Å². The Hall–Kier alpha value is -4.31. The van der Waals surface area contributed by atoms with Crippen LogP contribution in [-0.2, 0) is 38.0 Å². The lowest BCUT2D eigenvalue weighted by Gasteiger charge is -2.43. The second-order valence-electron chi connectivity index (χ2n) is 9.18. The smallest absolute Gasteiger partial charge is 0.459 e. The molecule has 0 radical (unpaired) electrons. The van der Waals surface area contributed by atoms with Crippen LogP contribution in [0.15, 0.2) is 91.0 Å². The molecule has 0 N–H and O–H groups in total. The van der Waals surface area contributed by atoms with Gasteiger partial charge in [0, 0.05) is 7.11 Å². The third-order valence-corrected chi connectivity index (χ3v) is 7.28. The maximum atomic E-state index is 13.5. The predicted molar refractivity (Wildman–Crippen MR) is 144 cm³/mol. The average Bonchev–Trinajstić information content (AvgIpc) is 3.02. The van der Waals surface area contributed by atoms with Gasteiger partial charge in [-0.15, -0.1) is 0 Å². The van der Waals surface area contributed by atoms with Crippen molar-refractivity contribution >= 4 is 28.0 Å². The fourth-order valence-corrected chi connectivity index (χ4v) is 4.76. The van der Waals surface area contributed by atoms with E-state index in [1.807, 2.05) is 0 Å². The lowest BCUT2D eigenvalue weighted by atomic mass is 9.98. The highest BCUT2D eigenvalue weighted by molar-refractivity contribution is 7.87. The molecule has 1 aliphatic rings. The summed E-state index contributed by atoms with van der Waals surface area (Å²) in [6, 6.07) is 22.0. The fraction of sp³-hybridized carbons (Fsp3) is 0.276. The summed E-state index contributed by atoms with van der Waals surface area (Å²) in [5.74, 6) is -3.10. The Morgan fingerprint density at radius 3 is 1.57 bits per heavy atom. The second kappa shape index (κ2) is 14.0. The molecule has 15 heteroatoms. The molecule has 11 nitrogen and oxygen atoms in total. The molecule has 1 heterocycles. The molecular weight excluding hydrogens is 613 g/mol. The average molecular weight is 639 g/mol. The molecule has 4 rings (SSSR count). The summed E-state index contributed by atoms with van der Waals surface area (Å²) < 4.78 is 96.6. The molecule has 0 bridgehead atoms. The molecule has 0 amide bonds. The molecule has 1 fully saturated rings. The van der Waals surface area contributed by atoms with Crippen molar-refractivity contribution in [2.24, 2.45) is 0 Å². The minimum Gasteiger partial charge on any atom is -0.459 e. The number of halogens is 3. The quantitative estimate of drug-likeness (QED) is 0.138. The molecule has 0 spiro atoms. The van der Waals surface area contributed by atoms with Crippen molar-refractivity contribution in [1.82, 2.24) is 0 Å². The number of hydrogen-bond acceptors (Lipinski definition) is 11. The summed E-state index contributed by atoms with van der Waals surface area (Å²) >= 11 is 0. The van der Waals surface area contributed by atoms with E-state index in [-0.39, 0.29) is 16.7 Å². The molecule has 0 unspecified atom stereocenters. The first-order valence-electron chi connectivity index (χ1n) is 12.8. The van der Waals surface area contributed by atoms with Crippen molar-refractivity contribution in [3.8, 4) is 0 Å². The first-order valence-corrected chi connectivity index (χ1v) is 14.2. The summed E-state index contributed by atoms with van der Waals surface area (Å²) in [7, 11) is -5.29. The molecule has 3 aromatic carbocycles. The summed E-state index contributed by atoms with van der Waals surface area (Å²) in [5.41, 5.74) is -5.94. The topological polar surface area (TPSA) is 141 Å². The van der Waals surface area contributed by atoms with E-state index in [9.17, 15) is 36.0 Å². The number of rotatable bonds is 10. The van der Waals surface area contributed by atoms with Crippen LogP contribution in [0.3, 0.4) is 0 Å². The third-order valence-electron chi connectivity index (χ3n) is 6.24. The van der Waals surface area contributed by atoms with Gasteiger partial charge < -0.3 is 23.7 Å². The SMILES string of the molecule is CO[C@@H]1O[C@H](COC(=O)c2ccccc2)[C@@H](OS(=O)(=O)C(F)(F)F)[C@H](OC(=O)c2ccccc2)[C@H]1OC(=O)c1ccccc1. The zero-order valence-electron chi connectivity index (χ0n) is 22.8. The number of benzene rings is 3. The largest absolute Gasteiger partial charge is 0.523 e. The molecule has 0 saturated carbocycles. The Morgan fingerprint density at radius 1 is 0.705 bits per heavy atom. The van der Waals surface area contributed by atoms with Gasteiger partial charge >= 0.3 is 33.5 Å². The van der Waals surface area contributed by atoms with Gasteiger partial charge in [-0.3, -0.25) is 4.18 Å². The second-order valence-corrected chi connectivity index (χ2v) is 10.7. The number of methoxy groups -OCH3 is 1. The fourth-order valence-electron chi connectivity index (χ4n) is 4.13.